The fourth-order valence-electron chi connectivity index (χ4n) is 3.25. The summed E-state index contributed by atoms with van der Waals surface area (Å²) in [5, 5.41) is 5.73. The fourth-order valence-corrected chi connectivity index (χ4v) is 3.25. The molecule has 0 saturated carbocycles. The van der Waals surface area contributed by atoms with E-state index in [1.807, 2.05) is 13.0 Å². The molecule has 3 amide bonds. The Hall–Kier alpha value is -3.42. The third-order valence-electron chi connectivity index (χ3n) is 4.81. The molecule has 1 saturated heterocycles. The summed E-state index contributed by atoms with van der Waals surface area (Å²) in [7, 11) is 4.63. The number of benzene rings is 2. The molecular formula is C21H25N3O5. The van der Waals surface area contributed by atoms with Gasteiger partial charge in [-0.1, -0.05) is 6.07 Å². The van der Waals surface area contributed by atoms with Gasteiger partial charge in [0.15, 0.2) is 11.5 Å². The first-order valence-corrected chi connectivity index (χ1v) is 9.24. The lowest BCUT2D eigenvalue weighted by Crippen LogP contribution is -2.29. The second kappa shape index (κ2) is 8.72. The number of rotatable bonds is 7. The highest BCUT2D eigenvalue weighted by Crippen LogP contribution is 2.39. The first-order chi connectivity index (χ1) is 14.0. The molecular weight excluding hydrogens is 374 g/mol. The number of amides is 3. The molecule has 2 aromatic carbocycles. The van der Waals surface area contributed by atoms with Crippen molar-refractivity contribution in [2.45, 2.75) is 13.0 Å². The van der Waals surface area contributed by atoms with Crippen molar-refractivity contribution in [2.24, 2.45) is 0 Å². The molecule has 1 aliphatic rings. The van der Waals surface area contributed by atoms with Crippen LogP contribution in [0.2, 0.25) is 0 Å². The summed E-state index contributed by atoms with van der Waals surface area (Å²) in [4.78, 5) is 26.3. The van der Waals surface area contributed by atoms with Gasteiger partial charge in [0.1, 0.15) is 0 Å². The monoisotopic (exact) mass is 399 g/mol. The average molecular weight is 399 g/mol. The molecule has 1 aliphatic heterocycles. The minimum atomic E-state index is -0.310. The van der Waals surface area contributed by atoms with Gasteiger partial charge >= 0.3 is 6.03 Å². The highest BCUT2D eigenvalue weighted by molar-refractivity contribution is 5.98. The minimum absolute atomic E-state index is 0.159. The van der Waals surface area contributed by atoms with Crippen LogP contribution in [0.15, 0.2) is 36.4 Å². The summed E-state index contributed by atoms with van der Waals surface area (Å²) in [5.74, 6) is 1.29. The lowest BCUT2D eigenvalue weighted by Gasteiger charge is -2.19. The molecule has 8 nitrogen and oxygen atoms in total. The number of nitrogens with one attached hydrogen (secondary N) is 2. The van der Waals surface area contributed by atoms with Crippen LogP contribution in [0.1, 0.15) is 28.9 Å². The molecule has 0 spiro atoms. The second-order valence-corrected chi connectivity index (χ2v) is 6.59. The van der Waals surface area contributed by atoms with Gasteiger partial charge in [-0.05, 0) is 42.8 Å². The van der Waals surface area contributed by atoms with Crippen LogP contribution >= 0.6 is 0 Å². The molecule has 0 aliphatic carbocycles. The Morgan fingerprint density at radius 3 is 2.34 bits per heavy atom. The topological polar surface area (TPSA) is 89.1 Å². The summed E-state index contributed by atoms with van der Waals surface area (Å²) >= 11 is 0. The second-order valence-electron chi connectivity index (χ2n) is 6.59. The van der Waals surface area contributed by atoms with Crippen molar-refractivity contribution < 1.29 is 23.8 Å². The molecule has 29 heavy (non-hydrogen) atoms. The molecule has 2 N–H and O–H groups in total. The van der Waals surface area contributed by atoms with Gasteiger partial charge in [-0.2, -0.15) is 0 Å². The lowest BCUT2D eigenvalue weighted by molar-refractivity contribution is 0.0939. The fraction of sp³-hybridized carbons (Fsp3) is 0.333. The van der Waals surface area contributed by atoms with Gasteiger partial charge in [0.05, 0.1) is 27.4 Å². The van der Waals surface area contributed by atoms with E-state index in [-0.39, 0.29) is 18.0 Å². The molecule has 1 atom stereocenters. The van der Waals surface area contributed by atoms with E-state index in [9.17, 15) is 9.59 Å². The highest BCUT2D eigenvalue weighted by Gasteiger charge is 2.22. The van der Waals surface area contributed by atoms with Crippen molar-refractivity contribution in [2.75, 3.05) is 39.3 Å². The van der Waals surface area contributed by atoms with Crippen molar-refractivity contribution in [1.82, 2.24) is 10.6 Å². The Balaban J connectivity index is 1.80. The third-order valence-corrected chi connectivity index (χ3v) is 4.81. The zero-order valence-corrected chi connectivity index (χ0v) is 16.9. The van der Waals surface area contributed by atoms with E-state index in [1.165, 1.54) is 0 Å². The van der Waals surface area contributed by atoms with Gasteiger partial charge in [0.25, 0.3) is 5.91 Å². The van der Waals surface area contributed by atoms with Crippen LogP contribution in [0.5, 0.6) is 17.2 Å². The van der Waals surface area contributed by atoms with Crippen molar-refractivity contribution in [3.05, 3.63) is 47.5 Å². The molecule has 154 valence electrons. The molecule has 0 radical (unpaired) electrons. The van der Waals surface area contributed by atoms with Crippen molar-refractivity contribution in [1.29, 1.82) is 0 Å². The third kappa shape index (κ3) is 4.21. The van der Waals surface area contributed by atoms with E-state index >= 15 is 0 Å². The normalized spacial score (nSPS) is 14.2. The van der Waals surface area contributed by atoms with Crippen LogP contribution in [0.3, 0.4) is 0 Å². The molecule has 3 rings (SSSR count). The maximum Gasteiger partial charge on any atom is 0.321 e. The molecule has 8 heteroatoms. The number of anilines is 1. The summed E-state index contributed by atoms with van der Waals surface area (Å²) in [6.07, 6.45) is 0. The number of carbonyl (C=O) groups excluding carboxylic acids is 2. The van der Waals surface area contributed by atoms with Crippen LogP contribution in [-0.4, -0.2) is 46.4 Å². The van der Waals surface area contributed by atoms with Gasteiger partial charge in [-0.15, -0.1) is 0 Å². The highest BCUT2D eigenvalue weighted by atomic mass is 16.5. The number of hydrogen-bond acceptors (Lipinski definition) is 5. The van der Waals surface area contributed by atoms with Gasteiger partial charge in [0, 0.05) is 24.3 Å². The van der Waals surface area contributed by atoms with Crippen LogP contribution in [-0.2, 0) is 0 Å². The largest absolute Gasteiger partial charge is 0.493 e. The lowest BCUT2D eigenvalue weighted by atomic mass is 10.1. The van der Waals surface area contributed by atoms with E-state index in [1.54, 1.807) is 56.6 Å². The SMILES string of the molecule is COc1cc(C(C)NC(=O)c2cccc(N3CCNC3=O)c2)cc(OC)c1OC. The number of ether oxygens (including phenoxy) is 3. The van der Waals surface area contributed by atoms with Crippen LogP contribution < -0.4 is 29.7 Å². The van der Waals surface area contributed by atoms with Crippen LogP contribution in [0, 0.1) is 0 Å². The van der Waals surface area contributed by atoms with Crippen LogP contribution in [0.4, 0.5) is 10.5 Å². The first kappa shape index (κ1) is 20.3. The number of nitrogens with zero attached hydrogens (tertiary/aromatic N) is 1. The number of urea groups is 1. The average Bonchev–Trinajstić information content (AvgIpc) is 3.18. The van der Waals surface area contributed by atoms with Gasteiger partial charge in [0.2, 0.25) is 5.75 Å². The summed E-state index contributed by atoms with van der Waals surface area (Å²) in [5.41, 5.74) is 1.97. The summed E-state index contributed by atoms with van der Waals surface area (Å²) in [6, 6.07) is 10.1. The van der Waals surface area contributed by atoms with E-state index < -0.39 is 0 Å². The quantitative estimate of drug-likeness (QED) is 0.747. The smallest absolute Gasteiger partial charge is 0.321 e. The Labute approximate surface area is 169 Å². The van der Waals surface area contributed by atoms with Crippen molar-refractivity contribution >= 4 is 17.6 Å². The Morgan fingerprint density at radius 2 is 1.79 bits per heavy atom. The number of hydrogen-bond donors (Lipinski definition) is 2. The van der Waals surface area contributed by atoms with Gasteiger partial charge in [-0.25, -0.2) is 4.79 Å². The Morgan fingerprint density at radius 1 is 1.10 bits per heavy atom. The maximum absolute atomic E-state index is 12.8. The van der Waals surface area contributed by atoms with E-state index in [4.69, 9.17) is 14.2 Å². The van der Waals surface area contributed by atoms with Crippen molar-refractivity contribution in [3.8, 4) is 17.2 Å². The molecule has 0 bridgehead atoms. The van der Waals surface area contributed by atoms with Crippen molar-refractivity contribution in [3.63, 3.8) is 0 Å². The standard InChI is InChI=1S/C21H25N3O5/c1-13(15-11-17(27-2)19(29-4)18(12-15)28-3)23-20(25)14-6-5-7-16(10-14)24-9-8-22-21(24)26/h5-7,10-13H,8-9H2,1-4H3,(H,22,26)(H,23,25). The molecule has 2 aromatic rings. The summed E-state index contributed by atoms with van der Waals surface area (Å²) in [6.45, 7) is 3.04. The Kier molecular flexibility index (Phi) is 6.11. The summed E-state index contributed by atoms with van der Waals surface area (Å²) < 4.78 is 16.1. The molecule has 0 aromatic heterocycles. The predicted octanol–water partition coefficient (Wildman–Crippen LogP) is 2.73. The zero-order valence-electron chi connectivity index (χ0n) is 16.9. The Bertz CT molecular complexity index is 890. The van der Waals surface area contributed by atoms with Gasteiger partial charge < -0.3 is 24.8 Å². The molecule has 1 unspecified atom stereocenters. The number of methoxy groups -OCH3 is 3. The maximum atomic E-state index is 12.8. The first-order valence-electron chi connectivity index (χ1n) is 9.24. The van der Waals surface area contributed by atoms with E-state index in [0.29, 0.717) is 41.6 Å². The van der Waals surface area contributed by atoms with E-state index in [0.717, 1.165) is 5.56 Å². The zero-order chi connectivity index (χ0) is 21.0. The predicted molar refractivity (Wildman–Crippen MR) is 109 cm³/mol. The van der Waals surface area contributed by atoms with Gasteiger partial charge in [-0.3, -0.25) is 9.69 Å². The van der Waals surface area contributed by atoms with Crippen LogP contribution in [0.25, 0.3) is 0 Å². The van der Waals surface area contributed by atoms with E-state index in [2.05, 4.69) is 10.6 Å². The number of carbonyl (C=O) groups is 2. The molecule has 1 fully saturated rings. The minimum Gasteiger partial charge on any atom is -0.493 e. The molecule has 1 heterocycles.